The summed E-state index contributed by atoms with van der Waals surface area (Å²) in [5.74, 6) is 0. The summed E-state index contributed by atoms with van der Waals surface area (Å²) >= 11 is 0. The van der Waals surface area contributed by atoms with Crippen LogP contribution in [-0.2, 0) is 0 Å². The molecule has 0 saturated carbocycles. The first-order valence-corrected chi connectivity index (χ1v) is 7.71. The van der Waals surface area contributed by atoms with E-state index in [4.69, 9.17) is 0 Å². The first-order valence-electron chi connectivity index (χ1n) is 7.71. The van der Waals surface area contributed by atoms with Crippen LogP contribution >= 0.6 is 0 Å². The lowest BCUT2D eigenvalue weighted by Crippen LogP contribution is -2.25. The molecule has 0 aromatic heterocycles. The Kier molecular flexibility index (Phi) is 5.82. The number of fused-ring (bicyclic) bond motifs is 1. The molecule has 1 heteroatoms. The molecule has 0 amide bonds. The monoisotopic (exact) mass is 267 g/mol. The SMILES string of the molecule is CCCN(C/C=C/c1cccc2ccccc12)CCC. The van der Waals surface area contributed by atoms with E-state index in [1.54, 1.807) is 0 Å². The minimum Gasteiger partial charge on any atom is -0.300 e. The van der Waals surface area contributed by atoms with Crippen molar-refractivity contribution >= 4 is 16.8 Å². The van der Waals surface area contributed by atoms with Crippen molar-refractivity contribution in [1.82, 2.24) is 4.90 Å². The van der Waals surface area contributed by atoms with Crippen LogP contribution < -0.4 is 0 Å². The Morgan fingerprint density at radius 1 is 0.900 bits per heavy atom. The molecule has 2 rings (SSSR count). The van der Waals surface area contributed by atoms with Gasteiger partial charge in [-0.2, -0.15) is 0 Å². The summed E-state index contributed by atoms with van der Waals surface area (Å²) in [5.41, 5.74) is 1.32. The first kappa shape index (κ1) is 14.8. The van der Waals surface area contributed by atoms with Crippen molar-refractivity contribution in [3.63, 3.8) is 0 Å². The summed E-state index contributed by atoms with van der Waals surface area (Å²) in [6.45, 7) is 7.92. The summed E-state index contributed by atoms with van der Waals surface area (Å²) in [6, 6.07) is 15.1. The quantitative estimate of drug-likeness (QED) is 0.684. The third kappa shape index (κ3) is 3.94. The molecule has 0 radical (unpaired) electrons. The van der Waals surface area contributed by atoms with Crippen LogP contribution in [0.2, 0.25) is 0 Å². The van der Waals surface area contributed by atoms with E-state index in [2.05, 4.69) is 73.4 Å². The van der Waals surface area contributed by atoms with E-state index in [9.17, 15) is 0 Å². The van der Waals surface area contributed by atoms with Crippen molar-refractivity contribution in [2.45, 2.75) is 26.7 Å². The number of nitrogens with zero attached hydrogens (tertiary/aromatic N) is 1. The molecule has 106 valence electrons. The second-order valence-electron chi connectivity index (χ2n) is 5.27. The zero-order valence-electron chi connectivity index (χ0n) is 12.7. The molecule has 0 aliphatic heterocycles. The van der Waals surface area contributed by atoms with E-state index in [1.165, 1.54) is 42.3 Å². The number of rotatable bonds is 7. The van der Waals surface area contributed by atoms with Gasteiger partial charge in [0, 0.05) is 6.54 Å². The third-order valence-corrected chi connectivity index (χ3v) is 3.56. The summed E-state index contributed by atoms with van der Waals surface area (Å²) in [7, 11) is 0. The fourth-order valence-corrected chi connectivity index (χ4v) is 2.65. The minimum absolute atomic E-state index is 1.05. The van der Waals surface area contributed by atoms with Gasteiger partial charge >= 0.3 is 0 Å². The largest absolute Gasteiger partial charge is 0.300 e. The zero-order chi connectivity index (χ0) is 14.2. The molecule has 0 unspecified atom stereocenters. The fourth-order valence-electron chi connectivity index (χ4n) is 2.65. The van der Waals surface area contributed by atoms with E-state index in [0.717, 1.165) is 6.54 Å². The van der Waals surface area contributed by atoms with Crippen LogP contribution in [0.3, 0.4) is 0 Å². The highest BCUT2D eigenvalue weighted by Gasteiger charge is 2.00. The second kappa shape index (κ2) is 7.86. The van der Waals surface area contributed by atoms with Gasteiger partial charge in [0.25, 0.3) is 0 Å². The van der Waals surface area contributed by atoms with Gasteiger partial charge in [-0.15, -0.1) is 0 Å². The van der Waals surface area contributed by atoms with E-state index in [0.29, 0.717) is 0 Å². The van der Waals surface area contributed by atoms with Gasteiger partial charge in [0.1, 0.15) is 0 Å². The Balaban J connectivity index is 2.09. The van der Waals surface area contributed by atoms with Gasteiger partial charge in [0.05, 0.1) is 0 Å². The fraction of sp³-hybridized carbons (Fsp3) is 0.368. The maximum Gasteiger partial charge on any atom is 0.0166 e. The Morgan fingerprint density at radius 2 is 1.60 bits per heavy atom. The molecule has 1 nitrogen and oxygen atoms in total. The summed E-state index contributed by atoms with van der Waals surface area (Å²) in [4.78, 5) is 2.52. The molecule has 0 atom stereocenters. The van der Waals surface area contributed by atoms with Crippen molar-refractivity contribution in [2.75, 3.05) is 19.6 Å². The molecule has 0 saturated heterocycles. The molecule has 0 bridgehead atoms. The molecular formula is C19H25N. The molecule has 0 N–H and O–H groups in total. The van der Waals surface area contributed by atoms with Crippen LogP contribution in [0.4, 0.5) is 0 Å². The molecule has 2 aromatic carbocycles. The van der Waals surface area contributed by atoms with Crippen molar-refractivity contribution in [2.24, 2.45) is 0 Å². The normalized spacial score (nSPS) is 11.8. The Bertz CT molecular complexity index is 545. The van der Waals surface area contributed by atoms with Crippen LogP contribution in [0.1, 0.15) is 32.3 Å². The van der Waals surface area contributed by atoms with Gasteiger partial charge in [-0.05, 0) is 42.3 Å². The molecule has 0 spiro atoms. The van der Waals surface area contributed by atoms with Gasteiger partial charge in [0.15, 0.2) is 0 Å². The van der Waals surface area contributed by atoms with Gasteiger partial charge < -0.3 is 0 Å². The number of benzene rings is 2. The van der Waals surface area contributed by atoms with Crippen LogP contribution in [-0.4, -0.2) is 24.5 Å². The van der Waals surface area contributed by atoms with E-state index in [-0.39, 0.29) is 0 Å². The lowest BCUT2D eigenvalue weighted by molar-refractivity contribution is 0.304. The van der Waals surface area contributed by atoms with Gasteiger partial charge in [-0.25, -0.2) is 0 Å². The maximum atomic E-state index is 2.52. The molecule has 20 heavy (non-hydrogen) atoms. The van der Waals surface area contributed by atoms with Crippen molar-refractivity contribution in [1.29, 1.82) is 0 Å². The van der Waals surface area contributed by atoms with Crippen molar-refractivity contribution < 1.29 is 0 Å². The summed E-state index contributed by atoms with van der Waals surface area (Å²) in [6.07, 6.45) is 7.01. The van der Waals surface area contributed by atoms with E-state index >= 15 is 0 Å². The number of hydrogen-bond donors (Lipinski definition) is 0. The second-order valence-corrected chi connectivity index (χ2v) is 5.27. The van der Waals surface area contributed by atoms with Crippen LogP contribution in [0.5, 0.6) is 0 Å². The van der Waals surface area contributed by atoms with E-state index < -0.39 is 0 Å². The van der Waals surface area contributed by atoms with E-state index in [1.807, 2.05) is 0 Å². The zero-order valence-corrected chi connectivity index (χ0v) is 12.7. The Hall–Kier alpha value is -1.60. The molecule has 0 heterocycles. The summed E-state index contributed by atoms with van der Waals surface area (Å²) in [5, 5.41) is 2.65. The van der Waals surface area contributed by atoms with Crippen LogP contribution in [0, 0.1) is 0 Å². The topological polar surface area (TPSA) is 3.24 Å². The van der Waals surface area contributed by atoms with Gasteiger partial charge in [-0.1, -0.05) is 68.5 Å². The Labute approximate surface area is 122 Å². The lowest BCUT2D eigenvalue weighted by atomic mass is 10.0. The minimum atomic E-state index is 1.05. The predicted octanol–water partition coefficient (Wildman–Crippen LogP) is 4.98. The molecule has 2 aromatic rings. The highest BCUT2D eigenvalue weighted by atomic mass is 15.1. The predicted molar refractivity (Wildman–Crippen MR) is 90.0 cm³/mol. The highest BCUT2D eigenvalue weighted by molar-refractivity contribution is 5.90. The van der Waals surface area contributed by atoms with Crippen LogP contribution in [0.15, 0.2) is 48.5 Å². The average Bonchev–Trinajstić information content (AvgIpc) is 2.48. The first-order chi connectivity index (χ1) is 9.85. The molecule has 0 aliphatic carbocycles. The lowest BCUT2D eigenvalue weighted by Gasteiger charge is -2.18. The third-order valence-electron chi connectivity index (χ3n) is 3.56. The average molecular weight is 267 g/mol. The molecule has 0 fully saturated rings. The van der Waals surface area contributed by atoms with Gasteiger partial charge in [-0.3, -0.25) is 4.90 Å². The smallest absolute Gasteiger partial charge is 0.0166 e. The molecule has 0 aliphatic rings. The number of hydrogen-bond acceptors (Lipinski definition) is 1. The van der Waals surface area contributed by atoms with Crippen molar-refractivity contribution in [3.05, 3.63) is 54.1 Å². The molecular weight excluding hydrogens is 242 g/mol. The van der Waals surface area contributed by atoms with Gasteiger partial charge in [0.2, 0.25) is 0 Å². The van der Waals surface area contributed by atoms with Crippen molar-refractivity contribution in [3.8, 4) is 0 Å². The van der Waals surface area contributed by atoms with Crippen LogP contribution in [0.25, 0.3) is 16.8 Å². The maximum absolute atomic E-state index is 2.52. The highest BCUT2D eigenvalue weighted by Crippen LogP contribution is 2.19. The summed E-state index contributed by atoms with van der Waals surface area (Å²) < 4.78 is 0. The Morgan fingerprint density at radius 3 is 2.35 bits per heavy atom. The standard InChI is InChI=1S/C19H25N/c1-3-14-20(15-4-2)16-8-12-18-11-7-10-17-9-5-6-13-19(17)18/h5-13H,3-4,14-16H2,1-2H3/b12-8+.